The second-order valence-electron chi connectivity index (χ2n) is 5.67. The topological polar surface area (TPSA) is 57.6 Å². The van der Waals surface area contributed by atoms with E-state index in [1.165, 1.54) is 30.0 Å². The zero-order valence-corrected chi connectivity index (χ0v) is 14.1. The van der Waals surface area contributed by atoms with E-state index >= 15 is 0 Å². The quantitative estimate of drug-likeness (QED) is 0.916. The molecule has 1 unspecified atom stereocenters. The highest BCUT2D eigenvalue weighted by Crippen LogP contribution is 2.43. The van der Waals surface area contributed by atoms with Crippen molar-refractivity contribution in [2.75, 3.05) is 10.7 Å². The number of rotatable bonds is 3. The fourth-order valence-corrected chi connectivity index (χ4v) is 4.03. The molecule has 1 amide bonds. The summed E-state index contributed by atoms with van der Waals surface area (Å²) in [5.74, 6) is -1.02. The molecular formula is C18H16FNO3S. The predicted octanol–water partition coefficient (Wildman–Crippen LogP) is 3.92. The molecule has 0 aliphatic carbocycles. The Labute approximate surface area is 143 Å². The maximum atomic E-state index is 13.2. The Kier molecular flexibility index (Phi) is 4.32. The lowest BCUT2D eigenvalue weighted by atomic mass is 10.0. The Morgan fingerprint density at radius 2 is 1.83 bits per heavy atom. The van der Waals surface area contributed by atoms with Gasteiger partial charge in [-0.05, 0) is 54.8 Å². The first-order valence-electron chi connectivity index (χ1n) is 7.42. The summed E-state index contributed by atoms with van der Waals surface area (Å²) in [6.07, 6.45) is 0. The number of carboxylic acids is 1. The van der Waals surface area contributed by atoms with Crippen LogP contribution in [0.15, 0.2) is 36.4 Å². The number of anilines is 1. The zero-order chi connectivity index (χ0) is 17.4. The summed E-state index contributed by atoms with van der Waals surface area (Å²) in [4.78, 5) is 25.4. The molecule has 0 bridgehead atoms. The van der Waals surface area contributed by atoms with E-state index in [4.69, 9.17) is 0 Å². The summed E-state index contributed by atoms with van der Waals surface area (Å²) in [6, 6.07) is 9.30. The van der Waals surface area contributed by atoms with Crippen molar-refractivity contribution >= 4 is 29.3 Å². The largest absolute Gasteiger partial charge is 0.478 e. The van der Waals surface area contributed by atoms with Gasteiger partial charge in [0.2, 0.25) is 5.91 Å². The summed E-state index contributed by atoms with van der Waals surface area (Å²) >= 11 is 1.48. The van der Waals surface area contributed by atoms with E-state index in [0.29, 0.717) is 17.0 Å². The number of hydrogen-bond donors (Lipinski definition) is 1. The van der Waals surface area contributed by atoms with Crippen molar-refractivity contribution in [2.24, 2.45) is 0 Å². The van der Waals surface area contributed by atoms with Crippen LogP contribution in [0.25, 0.3) is 0 Å². The second-order valence-corrected chi connectivity index (χ2v) is 6.73. The van der Waals surface area contributed by atoms with E-state index in [0.717, 1.165) is 11.1 Å². The molecule has 0 aromatic heterocycles. The number of halogens is 1. The minimum atomic E-state index is -0.987. The van der Waals surface area contributed by atoms with E-state index in [9.17, 15) is 19.1 Å². The Balaban J connectivity index is 2.06. The van der Waals surface area contributed by atoms with Crippen molar-refractivity contribution in [3.63, 3.8) is 0 Å². The van der Waals surface area contributed by atoms with Gasteiger partial charge in [-0.25, -0.2) is 9.18 Å². The number of hydrogen-bond acceptors (Lipinski definition) is 3. The summed E-state index contributed by atoms with van der Waals surface area (Å²) in [5.41, 5.74) is 3.17. The number of amides is 1. The van der Waals surface area contributed by atoms with Crippen LogP contribution in [0.4, 0.5) is 10.1 Å². The maximum Gasteiger partial charge on any atom is 0.335 e. The number of nitrogens with zero attached hydrogens (tertiary/aromatic N) is 1. The fourth-order valence-electron chi connectivity index (χ4n) is 2.86. The molecule has 6 heteroatoms. The van der Waals surface area contributed by atoms with Crippen molar-refractivity contribution in [3.8, 4) is 0 Å². The molecular weight excluding hydrogens is 329 g/mol. The third-order valence-corrected chi connectivity index (χ3v) is 5.48. The SMILES string of the molecule is Cc1c(C(=O)O)ccc(N2C(=O)CSC2c2ccc(F)cc2)c1C. The first kappa shape index (κ1) is 16.5. The van der Waals surface area contributed by atoms with E-state index in [2.05, 4.69) is 0 Å². The number of carbonyl (C=O) groups excluding carboxylic acids is 1. The van der Waals surface area contributed by atoms with Crippen molar-refractivity contribution < 1.29 is 19.1 Å². The second kappa shape index (κ2) is 6.28. The molecule has 1 fully saturated rings. The van der Waals surface area contributed by atoms with Gasteiger partial charge in [-0.2, -0.15) is 0 Å². The van der Waals surface area contributed by atoms with Crippen molar-refractivity contribution in [3.05, 3.63) is 64.5 Å². The van der Waals surface area contributed by atoms with Gasteiger partial charge in [0.05, 0.1) is 11.3 Å². The van der Waals surface area contributed by atoms with E-state index in [1.807, 2.05) is 6.92 Å². The van der Waals surface area contributed by atoms with Gasteiger partial charge in [0.1, 0.15) is 11.2 Å². The average molecular weight is 345 g/mol. The molecule has 2 aromatic rings. The lowest BCUT2D eigenvalue weighted by molar-refractivity contribution is -0.115. The minimum Gasteiger partial charge on any atom is -0.478 e. The van der Waals surface area contributed by atoms with Gasteiger partial charge in [0.25, 0.3) is 0 Å². The van der Waals surface area contributed by atoms with Crippen LogP contribution in [0.2, 0.25) is 0 Å². The van der Waals surface area contributed by atoms with Crippen molar-refractivity contribution in [1.82, 2.24) is 0 Å². The third-order valence-electron chi connectivity index (χ3n) is 4.27. The van der Waals surface area contributed by atoms with Crippen LogP contribution in [0, 0.1) is 19.7 Å². The van der Waals surface area contributed by atoms with E-state index < -0.39 is 5.97 Å². The first-order valence-corrected chi connectivity index (χ1v) is 8.47. The Hall–Kier alpha value is -2.34. The Morgan fingerprint density at radius 1 is 1.17 bits per heavy atom. The molecule has 1 aliphatic heterocycles. The van der Waals surface area contributed by atoms with Crippen LogP contribution in [0.1, 0.15) is 32.4 Å². The monoisotopic (exact) mass is 345 g/mol. The van der Waals surface area contributed by atoms with Gasteiger partial charge in [0, 0.05) is 5.69 Å². The van der Waals surface area contributed by atoms with Crippen molar-refractivity contribution in [1.29, 1.82) is 0 Å². The minimum absolute atomic E-state index is 0.0418. The summed E-state index contributed by atoms with van der Waals surface area (Å²) in [5, 5.41) is 8.99. The van der Waals surface area contributed by atoms with Gasteiger partial charge in [-0.3, -0.25) is 9.69 Å². The highest BCUT2D eigenvalue weighted by molar-refractivity contribution is 8.00. The van der Waals surface area contributed by atoms with E-state index in [1.54, 1.807) is 30.0 Å². The molecule has 1 atom stereocenters. The summed E-state index contributed by atoms with van der Waals surface area (Å²) < 4.78 is 13.2. The van der Waals surface area contributed by atoms with Crippen LogP contribution in [0.3, 0.4) is 0 Å². The van der Waals surface area contributed by atoms with Crippen LogP contribution in [-0.2, 0) is 4.79 Å². The molecule has 0 radical (unpaired) electrons. The lowest BCUT2D eigenvalue weighted by Crippen LogP contribution is -2.29. The molecule has 0 saturated carbocycles. The van der Waals surface area contributed by atoms with Crippen LogP contribution in [-0.4, -0.2) is 22.7 Å². The standard InChI is InChI=1S/C18H16FNO3S/c1-10-11(2)15(8-7-14(10)18(22)23)20-16(21)9-24-17(20)12-3-5-13(19)6-4-12/h3-8,17H,9H2,1-2H3,(H,22,23). The van der Waals surface area contributed by atoms with Gasteiger partial charge < -0.3 is 5.11 Å². The smallest absolute Gasteiger partial charge is 0.335 e. The number of aromatic carboxylic acids is 1. The molecule has 1 saturated heterocycles. The molecule has 3 rings (SSSR count). The highest BCUT2D eigenvalue weighted by atomic mass is 32.2. The van der Waals surface area contributed by atoms with Crippen LogP contribution >= 0.6 is 11.8 Å². The first-order chi connectivity index (χ1) is 11.4. The Morgan fingerprint density at radius 3 is 2.46 bits per heavy atom. The average Bonchev–Trinajstić information content (AvgIpc) is 2.92. The maximum absolute atomic E-state index is 13.2. The van der Waals surface area contributed by atoms with Gasteiger partial charge in [-0.15, -0.1) is 11.8 Å². The number of carbonyl (C=O) groups is 2. The molecule has 4 nitrogen and oxygen atoms in total. The van der Waals surface area contributed by atoms with E-state index in [-0.39, 0.29) is 22.7 Å². The Bertz CT molecular complexity index is 820. The number of thioether (sulfide) groups is 1. The fraction of sp³-hybridized carbons (Fsp3) is 0.222. The van der Waals surface area contributed by atoms with Crippen LogP contribution < -0.4 is 4.90 Å². The predicted molar refractivity (Wildman–Crippen MR) is 92.0 cm³/mol. The number of carboxylic acid groups (broad SMARTS) is 1. The van der Waals surface area contributed by atoms with Gasteiger partial charge in [0.15, 0.2) is 0 Å². The number of benzene rings is 2. The molecule has 24 heavy (non-hydrogen) atoms. The van der Waals surface area contributed by atoms with Crippen molar-refractivity contribution in [2.45, 2.75) is 19.2 Å². The highest BCUT2D eigenvalue weighted by Gasteiger charge is 2.35. The molecule has 1 N–H and O–H groups in total. The normalized spacial score (nSPS) is 17.4. The molecule has 1 aliphatic rings. The molecule has 0 spiro atoms. The third kappa shape index (κ3) is 2.78. The summed E-state index contributed by atoms with van der Waals surface area (Å²) in [7, 11) is 0. The molecule has 124 valence electrons. The lowest BCUT2D eigenvalue weighted by Gasteiger charge is -2.27. The van der Waals surface area contributed by atoms with Crippen LogP contribution in [0.5, 0.6) is 0 Å². The molecule has 2 aromatic carbocycles. The van der Waals surface area contributed by atoms with Gasteiger partial charge >= 0.3 is 5.97 Å². The molecule has 1 heterocycles. The summed E-state index contributed by atoms with van der Waals surface area (Å²) in [6.45, 7) is 3.55. The zero-order valence-electron chi connectivity index (χ0n) is 13.2. The van der Waals surface area contributed by atoms with Gasteiger partial charge in [-0.1, -0.05) is 12.1 Å².